The minimum Gasteiger partial charge on any atom is -0.292 e. The summed E-state index contributed by atoms with van der Waals surface area (Å²) in [4.78, 5) is 22.2. The Labute approximate surface area is 133 Å². The molecule has 0 atom stereocenters. The lowest BCUT2D eigenvalue weighted by atomic mass is 9.89. The van der Waals surface area contributed by atoms with Gasteiger partial charge in [0.15, 0.2) is 0 Å². The van der Waals surface area contributed by atoms with Crippen molar-refractivity contribution in [2.45, 2.75) is 65.2 Å². The van der Waals surface area contributed by atoms with Crippen LogP contribution in [0.15, 0.2) is 24.3 Å². The van der Waals surface area contributed by atoms with Gasteiger partial charge in [-0.1, -0.05) is 38.8 Å². The molecule has 1 fully saturated rings. The van der Waals surface area contributed by atoms with Crippen LogP contribution in [0.4, 0.5) is 0 Å². The van der Waals surface area contributed by atoms with E-state index in [2.05, 4.69) is 13.8 Å². The fraction of sp³-hybridized carbons (Fsp3) is 0.579. The molecule has 121 valence electrons. The van der Waals surface area contributed by atoms with Crippen molar-refractivity contribution in [2.75, 3.05) is 0 Å². The van der Waals surface area contributed by atoms with E-state index < -0.39 is 5.97 Å². The Bertz CT molecular complexity index is 444. The fourth-order valence-corrected chi connectivity index (χ4v) is 2.70. The molecule has 1 aliphatic rings. The summed E-state index contributed by atoms with van der Waals surface area (Å²) in [5, 5.41) is 0. The first-order valence-corrected chi connectivity index (χ1v) is 8.51. The van der Waals surface area contributed by atoms with Crippen LogP contribution in [0.3, 0.4) is 0 Å². The predicted octanol–water partition coefficient (Wildman–Crippen LogP) is 5.25. The van der Waals surface area contributed by atoms with Crippen LogP contribution in [-0.4, -0.2) is 5.97 Å². The van der Waals surface area contributed by atoms with Gasteiger partial charge < -0.3 is 0 Å². The van der Waals surface area contributed by atoms with Crippen LogP contribution in [0.25, 0.3) is 0 Å². The van der Waals surface area contributed by atoms with Crippen LogP contribution in [0.5, 0.6) is 0 Å². The highest BCUT2D eigenvalue weighted by atomic mass is 17.2. The lowest BCUT2D eigenvalue weighted by Crippen LogP contribution is -2.16. The van der Waals surface area contributed by atoms with Crippen molar-refractivity contribution in [1.82, 2.24) is 0 Å². The minimum absolute atomic E-state index is 0.411. The highest BCUT2D eigenvalue weighted by Crippen LogP contribution is 2.30. The molecule has 0 unspecified atom stereocenters. The standard InChI is InChI=1S/C19H27O3/c1-3-4-5-6-16-9-11-17(12-10-16)19(20)22-21-18-13-7-15(2)8-14-18/h9-12,15H,3-8,13-14H2,1-2H3. The quantitative estimate of drug-likeness (QED) is 0.392. The molecular formula is C19H27O3. The Hall–Kier alpha value is -1.35. The Kier molecular flexibility index (Phi) is 6.91. The van der Waals surface area contributed by atoms with Crippen LogP contribution in [0.2, 0.25) is 0 Å². The van der Waals surface area contributed by atoms with Crippen molar-refractivity contribution in [3.8, 4) is 0 Å². The molecule has 0 heterocycles. The molecule has 1 aliphatic carbocycles. The number of unbranched alkanes of at least 4 members (excludes halogenated alkanes) is 2. The van der Waals surface area contributed by atoms with Gasteiger partial charge in [0, 0.05) is 0 Å². The van der Waals surface area contributed by atoms with Crippen molar-refractivity contribution in [1.29, 1.82) is 0 Å². The number of aryl methyl sites for hydroxylation is 1. The molecule has 1 saturated carbocycles. The minimum atomic E-state index is -0.411. The van der Waals surface area contributed by atoms with Gasteiger partial charge in [-0.05, 0) is 62.1 Å². The number of rotatable bonds is 7. The number of carbonyl (C=O) groups excluding carboxylic acids is 1. The third kappa shape index (κ3) is 5.45. The monoisotopic (exact) mass is 303 g/mol. The van der Waals surface area contributed by atoms with Crippen molar-refractivity contribution < 1.29 is 14.6 Å². The van der Waals surface area contributed by atoms with Crippen LogP contribution >= 0.6 is 0 Å². The summed E-state index contributed by atoms with van der Waals surface area (Å²) >= 11 is 0. The second kappa shape index (κ2) is 8.94. The first-order chi connectivity index (χ1) is 10.7. The van der Waals surface area contributed by atoms with E-state index in [4.69, 9.17) is 9.78 Å². The highest BCUT2D eigenvalue weighted by molar-refractivity contribution is 5.88. The first kappa shape index (κ1) is 17.0. The molecule has 1 aromatic rings. The predicted molar refractivity (Wildman–Crippen MR) is 87.0 cm³/mol. The van der Waals surface area contributed by atoms with Gasteiger partial charge in [-0.3, -0.25) is 4.89 Å². The molecule has 0 N–H and O–H groups in total. The number of hydrogen-bond acceptors (Lipinski definition) is 3. The average Bonchev–Trinajstić information content (AvgIpc) is 2.55. The van der Waals surface area contributed by atoms with E-state index in [0.29, 0.717) is 5.56 Å². The summed E-state index contributed by atoms with van der Waals surface area (Å²) in [6, 6.07) is 7.64. The average molecular weight is 303 g/mol. The summed E-state index contributed by atoms with van der Waals surface area (Å²) in [6.07, 6.45) is 9.63. The van der Waals surface area contributed by atoms with E-state index in [0.717, 1.165) is 44.1 Å². The Morgan fingerprint density at radius 2 is 1.82 bits per heavy atom. The van der Waals surface area contributed by atoms with Crippen LogP contribution in [-0.2, 0) is 16.2 Å². The Morgan fingerprint density at radius 3 is 2.45 bits per heavy atom. The molecule has 22 heavy (non-hydrogen) atoms. The molecule has 0 spiro atoms. The summed E-state index contributed by atoms with van der Waals surface area (Å²) < 4.78 is 0. The van der Waals surface area contributed by atoms with Crippen molar-refractivity contribution in [2.24, 2.45) is 5.92 Å². The van der Waals surface area contributed by atoms with Crippen molar-refractivity contribution >= 4 is 5.97 Å². The van der Waals surface area contributed by atoms with E-state index in [1.54, 1.807) is 0 Å². The van der Waals surface area contributed by atoms with Crippen molar-refractivity contribution in [3.63, 3.8) is 0 Å². The van der Waals surface area contributed by atoms with Gasteiger partial charge in [0.05, 0.1) is 5.56 Å². The molecular weight excluding hydrogens is 276 g/mol. The molecule has 0 amide bonds. The smallest absolute Gasteiger partial charge is 0.292 e. The third-order valence-electron chi connectivity index (χ3n) is 4.33. The molecule has 2 rings (SSSR count). The summed E-state index contributed by atoms with van der Waals surface area (Å²) in [5.74, 6) is 0.328. The molecule has 0 aromatic heterocycles. The first-order valence-electron chi connectivity index (χ1n) is 8.51. The summed E-state index contributed by atoms with van der Waals surface area (Å²) in [6.45, 7) is 4.44. The van der Waals surface area contributed by atoms with E-state index >= 15 is 0 Å². The fourth-order valence-electron chi connectivity index (χ4n) is 2.70. The van der Waals surface area contributed by atoms with Crippen LogP contribution in [0, 0.1) is 12.0 Å². The van der Waals surface area contributed by atoms with E-state index in [1.165, 1.54) is 24.8 Å². The molecule has 0 bridgehead atoms. The summed E-state index contributed by atoms with van der Waals surface area (Å²) in [7, 11) is 0. The number of carbonyl (C=O) groups is 1. The van der Waals surface area contributed by atoms with Gasteiger partial charge in [-0.25, -0.2) is 4.79 Å². The van der Waals surface area contributed by atoms with Crippen LogP contribution in [0.1, 0.15) is 74.7 Å². The zero-order valence-electron chi connectivity index (χ0n) is 13.8. The zero-order valence-corrected chi connectivity index (χ0v) is 13.8. The topological polar surface area (TPSA) is 35.5 Å². The Morgan fingerprint density at radius 1 is 1.14 bits per heavy atom. The van der Waals surface area contributed by atoms with Gasteiger partial charge in [0.25, 0.3) is 0 Å². The summed E-state index contributed by atoms with van der Waals surface area (Å²) in [5.41, 5.74) is 1.81. The molecule has 1 aromatic carbocycles. The van der Waals surface area contributed by atoms with Gasteiger partial charge in [-0.2, -0.15) is 4.89 Å². The maximum Gasteiger partial charge on any atom is 0.373 e. The lowest BCUT2D eigenvalue weighted by molar-refractivity contribution is -0.240. The lowest BCUT2D eigenvalue weighted by Gasteiger charge is -2.23. The van der Waals surface area contributed by atoms with Gasteiger partial charge >= 0.3 is 5.97 Å². The SMILES string of the molecule is CCCCCc1ccc(C(=O)OO[C]2CCC(C)CC2)cc1. The molecule has 3 nitrogen and oxygen atoms in total. The second-order valence-electron chi connectivity index (χ2n) is 6.33. The van der Waals surface area contributed by atoms with Crippen LogP contribution < -0.4 is 0 Å². The molecule has 1 radical (unpaired) electrons. The maximum absolute atomic E-state index is 12.0. The number of benzene rings is 1. The third-order valence-corrected chi connectivity index (χ3v) is 4.33. The van der Waals surface area contributed by atoms with E-state index in [9.17, 15) is 4.79 Å². The van der Waals surface area contributed by atoms with Gasteiger partial charge in [-0.15, -0.1) is 0 Å². The zero-order chi connectivity index (χ0) is 15.8. The second-order valence-corrected chi connectivity index (χ2v) is 6.33. The van der Waals surface area contributed by atoms with E-state index in [1.807, 2.05) is 24.3 Å². The number of hydrogen-bond donors (Lipinski definition) is 0. The molecule has 3 heteroatoms. The Balaban J connectivity index is 1.75. The largest absolute Gasteiger partial charge is 0.373 e. The molecule has 0 saturated heterocycles. The van der Waals surface area contributed by atoms with Crippen molar-refractivity contribution in [3.05, 3.63) is 41.5 Å². The van der Waals surface area contributed by atoms with E-state index in [-0.39, 0.29) is 0 Å². The van der Waals surface area contributed by atoms with Gasteiger partial charge in [0.1, 0.15) is 6.10 Å². The maximum atomic E-state index is 12.0. The highest BCUT2D eigenvalue weighted by Gasteiger charge is 2.22. The normalized spacial score (nSPS) is 16.6. The molecule has 0 aliphatic heterocycles. The van der Waals surface area contributed by atoms with Gasteiger partial charge in [0.2, 0.25) is 0 Å².